The first-order chi connectivity index (χ1) is 11.7. The van der Waals surface area contributed by atoms with E-state index >= 15 is 0 Å². The van der Waals surface area contributed by atoms with Gasteiger partial charge in [0.25, 0.3) is 0 Å². The monoisotopic (exact) mass is 338 g/mol. The number of hydrogen-bond acceptors (Lipinski definition) is 3. The van der Waals surface area contributed by atoms with Crippen LogP contribution >= 0.6 is 0 Å². The van der Waals surface area contributed by atoms with Crippen LogP contribution in [-0.4, -0.2) is 34.1 Å². The topological polar surface area (TPSA) is 60.7 Å². The molecule has 0 heterocycles. The van der Waals surface area contributed by atoms with Crippen LogP contribution in [-0.2, 0) is 0 Å². The smallest absolute Gasteiger partial charge is 0.0721 e. The zero-order valence-electron chi connectivity index (χ0n) is 15.4. The number of rotatable bonds is 11. The van der Waals surface area contributed by atoms with Crippen LogP contribution < -0.4 is 0 Å². The lowest BCUT2D eigenvalue weighted by molar-refractivity contribution is 0.133. The van der Waals surface area contributed by atoms with Crippen molar-refractivity contribution in [2.45, 2.75) is 89.8 Å². The third-order valence-corrected chi connectivity index (χ3v) is 6.26. The molecule has 0 aliphatic heterocycles. The highest BCUT2D eigenvalue weighted by Crippen LogP contribution is 2.51. The van der Waals surface area contributed by atoms with Gasteiger partial charge in [0.1, 0.15) is 0 Å². The van der Waals surface area contributed by atoms with Crippen LogP contribution in [0.3, 0.4) is 0 Å². The van der Waals surface area contributed by atoms with Gasteiger partial charge in [-0.3, -0.25) is 0 Å². The average Bonchev–Trinajstić information content (AvgIpc) is 3.06. The van der Waals surface area contributed by atoms with Crippen LogP contribution in [0.5, 0.6) is 0 Å². The molecule has 0 saturated heterocycles. The molecule has 0 aromatic carbocycles. The summed E-state index contributed by atoms with van der Waals surface area (Å²) < 4.78 is 0. The van der Waals surface area contributed by atoms with Crippen molar-refractivity contribution in [3.8, 4) is 0 Å². The van der Waals surface area contributed by atoms with Crippen molar-refractivity contribution >= 4 is 0 Å². The summed E-state index contributed by atoms with van der Waals surface area (Å²) >= 11 is 0. The average molecular weight is 339 g/mol. The van der Waals surface area contributed by atoms with Gasteiger partial charge in [-0.15, -0.1) is 0 Å². The highest BCUT2D eigenvalue weighted by molar-refractivity contribution is 5.06. The number of aliphatic hydroxyl groups excluding tert-OH is 3. The summed E-state index contributed by atoms with van der Waals surface area (Å²) in [7, 11) is 0. The van der Waals surface area contributed by atoms with Crippen molar-refractivity contribution in [3.05, 3.63) is 12.2 Å². The van der Waals surface area contributed by atoms with E-state index in [0.717, 1.165) is 38.0 Å². The largest absolute Gasteiger partial charge is 0.396 e. The van der Waals surface area contributed by atoms with Crippen molar-refractivity contribution < 1.29 is 15.3 Å². The van der Waals surface area contributed by atoms with Gasteiger partial charge in [-0.05, 0) is 49.9 Å². The molecule has 2 saturated carbocycles. The molecule has 24 heavy (non-hydrogen) atoms. The van der Waals surface area contributed by atoms with Gasteiger partial charge in [0.2, 0.25) is 0 Å². The molecule has 0 radical (unpaired) electrons. The van der Waals surface area contributed by atoms with Crippen LogP contribution in [0.25, 0.3) is 0 Å². The maximum Gasteiger partial charge on any atom is 0.0721 e. The molecule has 0 amide bonds. The molecule has 3 nitrogen and oxygen atoms in total. The Labute approximate surface area is 148 Å². The van der Waals surface area contributed by atoms with E-state index in [2.05, 4.69) is 13.0 Å². The molecule has 2 fully saturated rings. The lowest BCUT2D eigenvalue weighted by Crippen LogP contribution is -2.18. The molecule has 1 unspecified atom stereocenters. The van der Waals surface area contributed by atoms with Crippen LogP contribution in [0.4, 0.5) is 0 Å². The summed E-state index contributed by atoms with van der Waals surface area (Å²) in [5, 5.41) is 29.4. The third kappa shape index (κ3) is 5.86. The van der Waals surface area contributed by atoms with Gasteiger partial charge in [0.05, 0.1) is 12.2 Å². The second kappa shape index (κ2) is 10.6. The first-order valence-corrected chi connectivity index (χ1v) is 10.3. The molecule has 0 aromatic rings. The number of hydrogen-bond donors (Lipinski definition) is 3. The third-order valence-electron chi connectivity index (χ3n) is 6.26. The normalized spacial score (nSPS) is 34.1. The molecule has 3 heteroatoms. The molecule has 2 rings (SSSR count). The van der Waals surface area contributed by atoms with Crippen LogP contribution in [0.1, 0.15) is 77.6 Å². The van der Waals surface area contributed by atoms with E-state index in [9.17, 15) is 10.2 Å². The van der Waals surface area contributed by atoms with E-state index in [0.29, 0.717) is 18.4 Å². The van der Waals surface area contributed by atoms with E-state index < -0.39 is 0 Å². The Morgan fingerprint density at radius 2 is 1.88 bits per heavy atom. The van der Waals surface area contributed by atoms with Crippen LogP contribution in [0, 0.1) is 23.7 Å². The lowest BCUT2D eigenvalue weighted by atomic mass is 9.89. The molecule has 3 N–H and O–H groups in total. The Morgan fingerprint density at radius 1 is 1.04 bits per heavy atom. The molecule has 2 aliphatic rings. The zero-order chi connectivity index (χ0) is 17.4. The fourth-order valence-electron chi connectivity index (χ4n) is 4.96. The minimum absolute atomic E-state index is 0.213. The van der Waals surface area contributed by atoms with Gasteiger partial charge in [-0.25, -0.2) is 0 Å². The molecule has 6 atom stereocenters. The highest BCUT2D eigenvalue weighted by Gasteiger charge is 2.46. The Morgan fingerprint density at radius 3 is 2.62 bits per heavy atom. The Hall–Kier alpha value is -0.380. The predicted molar refractivity (Wildman–Crippen MR) is 98.7 cm³/mol. The van der Waals surface area contributed by atoms with E-state index in [1.54, 1.807) is 0 Å². The number of unbranched alkanes of at least 4 members (excludes halogenated alkanes) is 4. The molecular weight excluding hydrogens is 300 g/mol. The maximum atomic E-state index is 10.4. The van der Waals surface area contributed by atoms with Crippen LogP contribution in [0.15, 0.2) is 12.2 Å². The lowest BCUT2D eigenvalue weighted by Gasteiger charge is -2.19. The first kappa shape index (κ1) is 19.9. The minimum Gasteiger partial charge on any atom is -0.396 e. The highest BCUT2D eigenvalue weighted by atomic mass is 16.3. The van der Waals surface area contributed by atoms with Crippen LogP contribution in [0.2, 0.25) is 0 Å². The fourth-order valence-corrected chi connectivity index (χ4v) is 4.96. The van der Waals surface area contributed by atoms with Crippen molar-refractivity contribution in [1.29, 1.82) is 0 Å². The Kier molecular flexibility index (Phi) is 8.79. The van der Waals surface area contributed by atoms with Gasteiger partial charge < -0.3 is 15.3 Å². The van der Waals surface area contributed by atoms with E-state index in [-0.39, 0.29) is 18.1 Å². The van der Waals surface area contributed by atoms with Gasteiger partial charge in [-0.2, -0.15) is 0 Å². The fraction of sp³-hybridized carbons (Fsp3) is 0.905. The van der Waals surface area contributed by atoms with Crippen molar-refractivity contribution in [1.82, 2.24) is 0 Å². The SMILES string of the molecule is CCCCC[C@H](O)/C=C/[C@@H]1[C@H]2CC(CCCCCO)C[C@H]2C[C@H]1O. The Bertz CT molecular complexity index is 368. The van der Waals surface area contributed by atoms with Crippen molar-refractivity contribution in [3.63, 3.8) is 0 Å². The first-order valence-electron chi connectivity index (χ1n) is 10.3. The van der Waals surface area contributed by atoms with Crippen molar-refractivity contribution in [2.24, 2.45) is 23.7 Å². The summed E-state index contributed by atoms with van der Waals surface area (Å²) in [5.41, 5.74) is 0. The summed E-state index contributed by atoms with van der Waals surface area (Å²) in [6, 6.07) is 0. The number of aliphatic hydroxyl groups is 3. The van der Waals surface area contributed by atoms with Gasteiger partial charge in [-0.1, -0.05) is 57.6 Å². The zero-order valence-corrected chi connectivity index (χ0v) is 15.4. The van der Waals surface area contributed by atoms with E-state index in [4.69, 9.17) is 5.11 Å². The van der Waals surface area contributed by atoms with E-state index in [1.807, 2.05) is 6.08 Å². The summed E-state index contributed by atoms with van der Waals surface area (Å²) in [6.07, 6.45) is 15.8. The molecule has 140 valence electrons. The quantitative estimate of drug-likeness (QED) is 0.393. The molecular formula is C21H38O3. The predicted octanol–water partition coefficient (Wildman–Crippen LogP) is 4.06. The molecule has 0 bridgehead atoms. The minimum atomic E-state index is -0.349. The number of fused-ring (bicyclic) bond motifs is 1. The standard InChI is InChI=1S/C21H38O3/c1-2-3-5-9-18(23)10-11-19-20-14-16(8-6-4-7-12-22)13-17(20)15-21(19)24/h10-11,16-24H,2-9,12-15H2,1H3/b11-10+/t16?,17-,18-,19+,20-,21+/m0/s1. The van der Waals surface area contributed by atoms with Crippen molar-refractivity contribution in [2.75, 3.05) is 6.61 Å². The summed E-state index contributed by atoms with van der Waals surface area (Å²) in [6.45, 7) is 2.49. The van der Waals surface area contributed by atoms with E-state index in [1.165, 1.54) is 38.5 Å². The second-order valence-corrected chi connectivity index (χ2v) is 8.16. The molecule has 0 aromatic heterocycles. The molecule has 2 aliphatic carbocycles. The summed E-state index contributed by atoms with van der Waals surface area (Å²) in [4.78, 5) is 0. The maximum absolute atomic E-state index is 10.4. The van der Waals surface area contributed by atoms with Gasteiger partial charge in [0.15, 0.2) is 0 Å². The van der Waals surface area contributed by atoms with Gasteiger partial charge in [0, 0.05) is 12.5 Å². The summed E-state index contributed by atoms with van der Waals surface area (Å²) in [5.74, 6) is 2.34. The van der Waals surface area contributed by atoms with Gasteiger partial charge >= 0.3 is 0 Å². The molecule has 0 spiro atoms. The second-order valence-electron chi connectivity index (χ2n) is 8.16. The Balaban J connectivity index is 1.77.